The van der Waals surface area contributed by atoms with Crippen LogP contribution in [0.25, 0.3) is 0 Å². The lowest BCUT2D eigenvalue weighted by atomic mass is 9.96. The Bertz CT molecular complexity index is 334. The highest BCUT2D eigenvalue weighted by molar-refractivity contribution is 5.36. The number of fused-ring (bicyclic) bond motifs is 1. The van der Waals surface area contributed by atoms with Gasteiger partial charge in [-0.25, -0.2) is 8.78 Å². The molecule has 0 saturated carbocycles. The summed E-state index contributed by atoms with van der Waals surface area (Å²) in [6.45, 7) is 1.51. The molecule has 0 saturated heterocycles. The average Bonchev–Trinajstić information content (AvgIpc) is 2.01. The smallest absolute Gasteiger partial charge is 0.146 e. The van der Waals surface area contributed by atoms with E-state index in [4.69, 9.17) is 4.74 Å². The minimum atomic E-state index is -1.37. The fraction of sp³-hybridized carbons (Fsp3) is 0.400. The molecule has 0 spiro atoms. The SMILES string of the molecule is CC1(F)COc2ccc(F)cc2C1. The normalized spacial score (nSPS) is 26.4. The maximum absolute atomic E-state index is 13.4. The Kier molecular flexibility index (Phi) is 1.75. The van der Waals surface area contributed by atoms with Gasteiger partial charge in [0.15, 0.2) is 0 Å². The number of ether oxygens (including phenoxy) is 1. The van der Waals surface area contributed by atoms with E-state index in [2.05, 4.69) is 0 Å². The average molecular weight is 184 g/mol. The van der Waals surface area contributed by atoms with Crippen molar-refractivity contribution >= 4 is 0 Å². The van der Waals surface area contributed by atoms with Crippen LogP contribution in [0.1, 0.15) is 12.5 Å². The predicted octanol–water partition coefficient (Wildman–Crippen LogP) is 2.49. The van der Waals surface area contributed by atoms with Crippen molar-refractivity contribution in [3.05, 3.63) is 29.6 Å². The van der Waals surface area contributed by atoms with Crippen LogP contribution in [-0.2, 0) is 6.42 Å². The lowest BCUT2D eigenvalue weighted by Gasteiger charge is -2.27. The molecule has 0 aromatic heterocycles. The molecule has 1 heterocycles. The van der Waals surface area contributed by atoms with Crippen LogP contribution in [0, 0.1) is 5.82 Å². The molecule has 1 aromatic carbocycles. The van der Waals surface area contributed by atoms with Crippen molar-refractivity contribution in [1.82, 2.24) is 0 Å². The molecule has 0 radical (unpaired) electrons. The number of alkyl halides is 1. The number of hydrogen-bond acceptors (Lipinski definition) is 1. The minimum Gasteiger partial charge on any atom is -0.490 e. The molecule has 1 aromatic rings. The molecule has 13 heavy (non-hydrogen) atoms. The molecular formula is C10H10F2O. The summed E-state index contributed by atoms with van der Waals surface area (Å²) in [5, 5.41) is 0. The van der Waals surface area contributed by atoms with Crippen molar-refractivity contribution in [3.63, 3.8) is 0 Å². The summed E-state index contributed by atoms with van der Waals surface area (Å²) < 4.78 is 31.4. The first-order chi connectivity index (χ1) is 6.07. The second-order valence-corrected chi connectivity index (χ2v) is 3.63. The Balaban J connectivity index is 2.38. The van der Waals surface area contributed by atoms with E-state index in [0.29, 0.717) is 11.3 Å². The maximum Gasteiger partial charge on any atom is 0.146 e. The standard InChI is InChI=1S/C10H10F2O/c1-10(12)5-7-4-8(11)2-3-9(7)13-6-10/h2-4H,5-6H2,1H3. The van der Waals surface area contributed by atoms with Crippen LogP contribution < -0.4 is 4.74 Å². The van der Waals surface area contributed by atoms with Crippen LogP contribution in [0.2, 0.25) is 0 Å². The molecule has 1 aliphatic rings. The molecule has 0 bridgehead atoms. The topological polar surface area (TPSA) is 9.23 Å². The van der Waals surface area contributed by atoms with Crippen molar-refractivity contribution in [1.29, 1.82) is 0 Å². The van der Waals surface area contributed by atoms with E-state index >= 15 is 0 Å². The van der Waals surface area contributed by atoms with Gasteiger partial charge < -0.3 is 4.74 Å². The van der Waals surface area contributed by atoms with Crippen molar-refractivity contribution in [3.8, 4) is 5.75 Å². The zero-order chi connectivity index (χ0) is 9.47. The summed E-state index contributed by atoms with van der Waals surface area (Å²) in [6, 6.07) is 4.19. The molecule has 1 unspecified atom stereocenters. The molecule has 1 nitrogen and oxygen atoms in total. The van der Waals surface area contributed by atoms with Gasteiger partial charge in [-0.1, -0.05) is 0 Å². The summed E-state index contributed by atoms with van der Waals surface area (Å²) in [4.78, 5) is 0. The zero-order valence-corrected chi connectivity index (χ0v) is 7.31. The largest absolute Gasteiger partial charge is 0.490 e. The molecule has 0 fully saturated rings. The Morgan fingerprint density at radius 3 is 3.00 bits per heavy atom. The molecule has 0 N–H and O–H groups in total. The second-order valence-electron chi connectivity index (χ2n) is 3.63. The lowest BCUT2D eigenvalue weighted by Crippen LogP contribution is -2.33. The van der Waals surface area contributed by atoms with Crippen LogP contribution in [-0.4, -0.2) is 12.3 Å². The van der Waals surface area contributed by atoms with E-state index in [-0.39, 0.29) is 18.8 Å². The Hall–Kier alpha value is -1.12. The van der Waals surface area contributed by atoms with E-state index < -0.39 is 5.67 Å². The van der Waals surface area contributed by atoms with Crippen LogP contribution in [0.15, 0.2) is 18.2 Å². The van der Waals surface area contributed by atoms with Crippen LogP contribution in [0.4, 0.5) is 8.78 Å². The fourth-order valence-corrected chi connectivity index (χ4v) is 1.50. The molecule has 1 aliphatic heterocycles. The van der Waals surface area contributed by atoms with Gasteiger partial charge in [0.25, 0.3) is 0 Å². The van der Waals surface area contributed by atoms with Gasteiger partial charge in [-0.2, -0.15) is 0 Å². The Labute approximate surface area is 75.3 Å². The third-order valence-electron chi connectivity index (χ3n) is 2.11. The summed E-state index contributed by atoms with van der Waals surface area (Å²) >= 11 is 0. The van der Waals surface area contributed by atoms with Gasteiger partial charge in [-0.05, 0) is 25.1 Å². The van der Waals surface area contributed by atoms with Gasteiger partial charge in [0, 0.05) is 12.0 Å². The monoisotopic (exact) mass is 184 g/mol. The molecule has 3 heteroatoms. The Morgan fingerprint density at radius 1 is 1.46 bits per heavy atom. The van der Waals surface area contributed by atoms with Gasteiger partial charge in [-0.15, -0.1) is 0 Å². The summed E-state index contributed by atoms with van der Waals surface area (Å²) in [5.74, 6) is 0.247. The first-order valence-corrected chi connectivity index (χ1v) is 4.17. The van der Waals surface area contributed by atoms with Crippen molar-refractivity contribution < 1.29 is 13.5 Å². The summed E-state index contributed by atoms with van der Waals surface area (Å²) in [5.41, 5.74) is -0.767. The summed E-state index contributed by atoms with van der Waals surface area (Å²) in [7, 11) is 0. The van der Waals surface area contributed by atoms with Gasteiger partial charge in [0.1, 0.15) is 23.8 Å². The van der Waals surface area contributed by atoms with E-state index in [0.717, 1.165) is 0 Å². The third-order valence-corrected chi connectivity index (χ3v) is 2.11. The lowest BCUT2D eigenvalue weighted by molar-refractivity contribution is 0.0842. The van der Waals surface area contributed by atoms with Gasteiger partial charge in [0.05, 0.1) is 0 Å². The highest BCUT2D eigenvalue weighted by Gasteiger charge is 2.30. The number of benzene rings is 1. The van der Waals surface area contributed by atoms with Gasteiger partial charge in [0.2, 0.25) is 0 Å². The van der Waals surface area contributed by atoms with Crippen molar-refractivity contribution in [2.75, 3.05) is 6.61 Å². The fourth-order valence-electron chi connectivity index (χ4n) is 1.50. The molecule has 1 atom stereocenters. The van der Waals surface area contributed by atoms with Crippen molar-refractivity contribution in [2.24, 2.45) is 0 Å². The van der Waals surface area contributed by atoms with Gasteiger partial charge in [-0.3, -0.25) is 0 Å². The second kappa shape index (κ2) is 2.69. The first-order valence-electron chi connectivity index (χ1n) is 4.17. The van der Waals surface area contributed by atoms with Gasteiger partial charge >= 0.3 is 0 Å². The van der Waals surface area contributed by atoms with Crippen LogP contribution in [0.5, 0.6) is 5.75 Å². The molecular weight excluding hydrogens is 174 g/mol. The van der Waals surface area contributed by atoms with E-state index in [1.54, 1.807) is 6.07 Å². The Morgan fingerprint density at radius 2 is 2.23 bits per heavy atom. The van der Waals surface area contributed by atoms with Crippen LogP contribution >= 0.6 is 0 Å². The minimum absolute atomic E-state index is 0.0473. The molecule has 0 aliphatic carbocycles. The van der Waals surface area contributed by atoms with E-state index in [1.807, 2.05) is 0 Å². The van der Waals surface area contributed by atoms with Crippen LogP contribution in [0.3, 0.4) is 0 Å². The third kappa shape index (κ3) is 1.64. The molecule has 70 valence electrons. The highest BCUT2D eigenvalue weighted by atomic mass is 19.1. The number of hydrogen-bond donors (Lipinski definition) is 0. The maximum atomic E-state index is 13.4. The number of rotatable bonds is 0. The number of halogens is 2. The molecule has 2 rings (SSSR count). The predicted molar refractivity (Wildman–Crippen MR) is 45.1 cm³/mol. The van der Waals surface area contributed by atoms with E-state index in [1.165, 1.54) is 19.1 Å². The highest BCUT2D eigenvalue weighted by Crippen LogP contribution is 2.31. The quantitative estimate of drug-likeness (QED) is 0.602. The van der Waals surface area contributed by atoms with E-state index in [9.17, 15) is 8.78 Å². The first kappa shape index (κ1) is 8.48. The molecule has 0 amide bonds. The summed E-state index contributed by atoms with van der Waals surface area (Å²) in [6.07, 6.45) is 0.222. The zero-order valence-electron chi connectivity index (χ0n) is 7.31. The van der Waals surface area contributed by atoms with Crippen molar-refractivity contribution in [2.45, 2.75) is 19.0 Å².